The van der Waals surface area contributed by atoms with Crippen molar-refractivity contribution in [3.63, 3.8) is 0 Å². The minimum Gasteiger partial charge on any atom is -0.476 e. The molecule has 0 saturated carbocycles. The van der Waals surface area contributed by atoms with Gasteiger partial charge in [-0.3, -0.25) is 4.79 Å². The Morgan fingerprint density at radius 1 is 1.26 bits per heavy atom. The van der Waals surface area contributed by atoms with Gasteiger partial charge in [0.1, 0.15) is 5.52 Å². The molecule has 3 aromatic rings. The molecular formula is C13H9N3O3. The van der Waals surface area contributed by atoms with E-state index in [1.807, 2.05) is 30.3 Å². The molecule has 0 aliphatic rings. The number of aromatic carboxylic acids is 1. The van der Waals surface area contributed by atoms with Gasteiger partial charge in [-0.15, -0.1) is 0 Å². The molecule has 0 aliphatic heterocycles. The maximum absolute atomic E-state index is 11.9. The van der Waals surface area contributed by atoms with Crippen molar-refractivity contribution in [2.45, 2.75) is 0 Å². The Bertz CT molecular complexity index is 818. The van der Waals surface area contributed by atoms with E-state index in [4.69, 9.17) is 5.11 Å². The molecule has 0 radical (unpaired) electrons. The molecule has 2 aromatic heterocycles. The average molecular weight is 255 g/mol. The topological polar surface area (TPSA) is 87.5 Å². The summed E-state index contributed by atoms with van der Waals surface area (Å²) in [4.78, 5) is 25.5. The van der Waals surface area contributed by atoms with Gasteiger partial charge in [-0.05, 0) is 5.56 Å². The lowest BCUT2D eigenvalue weighted by Gasteiger charge is -2.01. The lowest BCUT2D eigenvalue weighted by molar-refractivity contribution is 0.0690. The Morgan fingerprint density at radius 2 is 2.00 bits per heavy atom. The lowest BCUT2D eigenvalue weighted by atomic mass is 10.2. The van der Waals surface area contributed by atoms with Crippen molar-refractivity contribution in [2.24, 2.45) is 0 Å². The fourth-order valence-electron chi connectivity index (χ4n) is 1.87. The Hall–Kier alpha value is -2.89. The first-order valence-corrected chi connectivity index (χ1v) is 5.56. The molecule has 3 rings (SSSR count). The van der Waals surface area contributed by atoms with Crippen LogP contribution >= 0.6 is 0 Å². The van der Waals surface area contributed by atoms with Crippen molar-refractivity contribution in [1.29, 1.82) is 0 Å². The molecule has 0 fully saturated rings. The number of H-pyrrole nitrogens is 1. The van der Waals surface area contributed by atoms with Crippen molar-refractivity contribution in [2.75, 3.05) is 0 Å². The van der Waals surface area contributed by atoms with Crippen LogP contribution in [0.25, 0.3) is 16.8 Å². The highest BCUT2D eigenvalue weighted by Crippen LogP contribution is 2.15. The number of hydrogen-bond acceptors (Lipinski definition) is 3. The number of aromatic amines is 1. The van der Waals surface area contributed by atoms with Crippen molar-refractivity contribution in [3.8, 4) is 11.3 Å². The second kappa shape index (κ2) is 4.09. The van der Waals surface area contributed by atoms with E-state index in [0.717, 1.165) is 5.56 Å². The second-order valence-electron chi connectivity index (χ2n) is 4.03. The summed E-state index contributed by atoms with van der Waals surface area (Å²) in [6, 6.07) is 10.5. The van der Waals surface area contributed by atoms with Crippen LogP contribution in [-0.2, 0) is 0 Å². The summed E-state index contributed by atoms with van der Waals surface area (Å²) in [5.41, 5.74) is 1.08. The van der Waals surface area contributed by atoms with Crippen molar-refractivity contribution in [1.82, 2.24) is 14.6 Å². The lowest BCUT2D eigenvalue weighted by Crippen LogP contribution is -2.10. The largest absolute Gasteiger partial charge is 0.476 e. The number of nitrogens with zero attached hydrogens (tertiary/aromatic N) is 2. The predicted octanol–water partition coefficient (Wildman–Crippen LogP) is 1.39. The predicted molar refractivity (Wildman–Crippen MR) is 68.2 cm³/mol. The summed E-state index contributed by atoms with van der Waals surface area (Å²) in [5, 5.41) is 12.7. The highest BCUT2D eigenvalue weighted by atomic mass is 16.4. The summed E-state index contributed by atoms with van der Waals surface area (Å²) >= 11 is 0. The molecule has 0 aliphatic carbocycles. The van der Waals surface area contributed by atoms with Crippen LogP contribution in [0.1, 0.15) is 10.5 Å². The Balaban J connectivity index is 2.25. The van der Waals surface area contributed by atoms with E-state index in [1.165, 1.54) is 10.6 Å². The molecule has 0 bridgehead atoms. The molecule has 0 saturated heterocycles. The number of carboxylic acid groups (broad SMARTS) is 1. The first-order valence-electron chi connectivity index (χ1n) is 5.56. The first kappa shape index (κ1) is 11.2. The van der Waals surface area contributed by atoms with Crippen LogP contribution in [-0.4, -0.2) is 25.7 Å². The Morgan fingerprint density at radius 3 is 2.68 bits per heavy atom. The average Bonchev–Trinajstić information content (AvgIpc) is 2.84. The van der Waals surface area contributed by atoms with Crippen LogP contribution in [0.4, 0.5) is 0 Å². The number of aromatic nitrogens is 3. The van der Waals surface area contributed by atoms with Gasteiger partial charge in [0.15, 0.2) is 5.69 Å². The summed E-state index contributed by atoms with van der Waals surface area (Å²) in [6.45, 7) is 0. The summed E-state index contributed by atoms with van der Waals surface area (Å²) in [5.74, 6) is -1.16. The van der Waals surface area contributed by atoms with Gasteiger partial charge in [0.25, 0.3) is 5.56 Å². The second-order valence-corrected chi connectivity index (χ2v) is 4.03. The third kappa shape index (κ3) is 1.89. The molecular weight excluding hydrogens is 246 g/mol. The highest BCUT2D eigenvalue weighted by Gasteiger charge is 2.12. The molecule has 6 heteroatoms. The van der Waals surface area contributed by atoms with Crippen molar-refractivity contribution >= 4 is 11.5 Å². The van der Waals surface area contributed by atoms with E-state index < -0.39 is 5.97 Å². The third-order valence-corrected chi connectivity index (χ3v) is 2.77. The number of nitrogens with one attached hydrogen (secondary N) is 1. The SMILES string of the molecule is O=C(O)c1cc2c(=O)[nH]c(-c3ccccc3)cn2n1. The smallest absolute Gasteiger partial charge is 0.356 e. The molecule has 19 heavy (non-hydrogen) atoms. The minimum absolute atomic E-state index is 0.157. The molecule has 2 heterocycles. The van der Waals surface area contributed by atoms with Crippen molar-refractivity contribution < 1.29 is 9.90 Å². The van der Waals surface area contributed by atoms with Gasteiger partial charge in [-0.2, -0.15) is 5.10 Å². The quantitative estimate of drug-likeness (QED) is 0.724. The van der Waals surface area contributed by atoms with Gasteiger partial charge in [0.05, 0.1) is 11.9 Å². The Kier molecular flexibility index (Phi) is 2.42. The van der Waals surface area contributed by atoms with E-state index in [-0.39, 0.29) is 16.8 Å². The maximum atomic E-state index is 11.9. The number of carboxylic acids is 1. The molecule has 6 nitrogen and oxygen atoms in total. The standard InChI is InChI=1S/C13H9N3O3/c17-12-11-6-9(13(18)19)15-16(11)7-10(14-12)8-4-2-1-3-5-8/h1-7H,(H,14,17)(H,18,19). The monoisotopic (exact) mass is 255 g/mol. The first-order chi connectivity index (χ1) is 9.15. The zero-order valence-electron chi connectivity index (χ0n) is 9.70. The van der Waals surface area contributed by atoms with Gasteiger partial charge in [0.2, 0.25) is 0 Å². The fourth-order valence-corrected chi connectivity index (χ4v) is 1.87. The van der Waals surface area contributed by atoms with Crippen LogP contribution in [0.2, 0.25) is 0 Å². The van der Waals surface area contributed by atoms with E-state index >= 15 is 0 Å². The van der Waals surface area contributed by atoms with E-state index in [1.54, 1.807) is 6.20 Å². The molecule has 0 atom stereocenters. The summed E-state index contributed by atoms with van der Waals surface area (Å²) in [6.07, 6.45) is 1.60. The van der Waals surface area contributed by atoms with Gasteiger partial charge in [-0.25, -0.2) is 9.31 Å². The number of hydrogen-bond donors (Lipinski definition) is 2. The molecule has 1 aromatic carbocycles. The number of carbonyl (C=O) groups is 1. The fraction of sp³-hybridized carbons (Fsp3) is 0. The molecule has 2 N–H and O–H groups in total. The molecule has 0 spiro atoms. The number of benzene rings is 1. The summed E-state index contributed by atoms with van der Waals surface area (Å²) < 4.78 is 1.28. The third-order valence-electron chi connectivity index (χ3n) is 2.77. The van der Waals surface area contributed by atoms with E-state index in [9.17, 15) is 9.59 Å². The van der Waals surface area contributed by atoms with Gasteiger partial charge in [0, 0.05) is 6.07 Å². The van der Waals surface area contributed by atoms with Crippen LogP contribution < -0.4 is 5.56 Å². The molecule has 0 amide bonds. The van der Waals surface area contributed by atoms with Crippen molar-refractivity contribution in [3.05, 3.63) is 58.6 Å². The van der Waals surface area contributed by atoms with Gasteiger partial charge < -0.3 is 10.1 Å². The molecule has 94 valence electrons. The highest BCUT2D eigenvalue weighted by molar-refractivity contribution is 5.87. The Labute approximate surface area is 106 Å². The zero-order valence-corrected chi connectivity index (χ0v) is 9.70. The van der Waals surface area contributed by atoms with Gasteiger partial charge >= 0.3 is 5.97 Å². The van der Waals surface area contributed by atoms with Crippen LogP contribution in [0.5, 0.6) is 0 Å². The van der Waals surface area contributed by atoms with Crippen LogP contribution in [0, 0.1) is 0 Å². The number of rotatable bonds is 2. The normalized spacial score (nSPS) is 10.7. The zero-order chi connectivity index (χ0) is 13.4. The minimum atomic E-state index is -1.16. The van der Waals surface area contributed by atoms with E-state index in [0.29, 0.717) is 5.69 Å². The molecule has 0 unspecified atom stereocenters. The van der Waals surface area contributed by atoms with Crippen LogP contribution in [0.15, 0.2) is 47.4 Å². The summed E-state index contributed by atoms with van der Waals surface area (Å²) in [7, 11) is 0. The van der Waals surface area contributed by atoms with Gasteiger partial charge in [-0.1, -0.05) is 30.3 Å². The van der Waals surface area contributed by atoms with Crippen LogP contribution in [0.3, 0.4) is 0 Å². The van der Waals surface area contributed by atoms with E-state index in [2.05, 4.69) is 10.1 Å². The number of fused-ring (bicyclic) bond motifs is 1. The maximum Gasteiger partial charge on any atom is 0.356 e.